The van der Waals surface area contributed by atoms with Crippen molar-refractivity contribution in [2.24, 2.45) is 0 Å². The van der Waals surface area contributed by atoms with Gasteiger partial charge in [0.15, 0.2) is 11.3 Å². The van der Waals surface area contributed by atoms with Gasteiger partial charge in [-0.25, -0.2) is 0 Å². The van der Waals surface area contributed by atoms with Crippen LogP contribution in [0.25, 0.3) is 11.2 Å². The molecule has 0 spiro atoms. The molecule has 0 bridgehead atoms. The van der Waals surface area contributed by atoms with Crippen LogP contribution in [0.5, 0.6) is 0 Å². The molecule has 0 saturated carbocycles. The number of aryl methyl sites for hydroxylation is 1. The number of hydrogen-bond acceptors (Lipinski definition) is 6. The molecule has 0 radical (unpaired) electrons. The number of benzene rings is 1. The minimum absolute atomic E-state index is 0.288. The van der Waals surface area contributed by atoms with Gasteiger partial charge in [-0.05, 0) is 32.4 Å². The lowest BCUT2D eigenvalue weighted by molar-refractivity contribution is 0.754. The van der Waals surface area contributed by atoms with Gasteiger partial charge in [0.2, 0.25) is 11.6 Å². The Balaban J connectivity index is 1.95. The Kier molecular flexibility index (Phi) is 3.86. The third-order valence-electron chi connectivity index (χ3n) is 3.49. The maximum Gasteiger partial charge on any atom is 0.227 e. The summed E-state index contributed by atoms with van der Waals surface area (Å²) in [7, 11) is 0. The fourth-order valence-corrected chi connectivity index (χ4v) is 1.99. The molecule has 22 heavy (non-hydrogen) atoms. The van der Waals surface area contributed by atoms with Crippen molar-refractivity contribution in [1.82, 2.24) is 25.4 Å². The van der Waals surface area contributed by atoms with Crippen LogP contribution < -0.4 is 10.6 Å². The Morgan fingerprint density at radius 2 is 1.91 bits per heavy atom. The molecule has 0 unspecified atom stereocenters. The molecular formula is C15H19N7. The molecule has 0 amide bonds. The predicted molar refractivity (Wildman–Crippen MR) is 87.3 cm³/mol. The first-order valence-electron chi connectivity index (χ1n) is 7.34. The van der Waals surface area contributed by atoms with Gasteiger partial charge in [-0.1, -0.05) is 24.6 Å². The summed E-state index contributed by atoms with van der Waals surface area (Å²) in [5.41, 5.74) is 3.31. The molecule has 114 valence electrons. The van der Waals surface area contributed by atoms with E-state index < -0.39 is 0 Å². The first-order valence-corrected chi connectivity index (χ1v) is 7.34. The van der Waals surface area contributed by atoms with Gasteiger partial charge < -0.3 is 10.6 Å². The summed E-state index contributed by atoms with van der Waals surface area (Å²) in [6.45, 7) is 6.25. The highest BCUT2D eigenvalue weighted by atomic mass is 15.4. The lowest BCUT2D eigenvalue weighted by atomic mass is 10.2. The van der Waals surface area contributed by atoms with E-state index in [1.807, 2.05) is 24.3 Å². The molecule has 1 atom stereocenters. The van der Waals surface area contributed by atoms with Gasteiger partial charge in [-0.2, -0.15) is 20.3 Å². The highest BCUT2D eigenvalue weighted by Crippen LogP contribution is 2.22. The first-order chi connectivity index (χ1) is 10.7. The maximum absolute atomic E-state index is 4.52. The summed E-state index contributed by atoms with van der Waals surface area (Å²) < 4.78 is 0. The number of aromatic nitrogens is 5. The lowest BCUT2D eigenvalue weighted by Gasteiger charge is -2.12. The first kappa shape index (κ1) is 14.2. The van der Waals surface area contributed by atoms with E-state index in [4.69, 9.17) is 0 Å². The quantitative estimate of drug-likeness (QED) is 0.670. The SMILES string of the molecule is CC[C@@H](C)Nc1nc(Nc2ccc(C)cc2)c2n[nH]nc2n1. The topological polar surface area (TPSA) is 91.4 Å². The fraction of sp³-hybridized carbons (Fsp3) is 0.333. The van der Waals surface area contributed by atoms with Crippen molar-refractivity contribution in [2.75, 3.05) is 10.6 Å². The Labute approximate surface area is 128 Å². The standard InChI is InChI=1S/C15H19N7/c1-4-10(3)16-15-18-13(12-14(19-15)21-22-20-12)17-11-7-5-9(2)6-8-11/h5-8,10H,4H2,1-3H3,(H3,16,17,18,19,20,21,22)/t10-/m1/s1. The van der Waals surface area contributed by atoms with Crippen LogP contribution in [-0.4, -0.2) is 31.4 Å². The second kappa shape index (κ2) is 5.97. The van der Waals surface area contributed by atoms with Crippen LogP contribution in [0.3, 0.4) is 0 Å². The van der Waals surface area contributed by atoms with Gasteiger partial charge in [-0.15, -0.1) is 5.10 Å². The lowest BCUT2D eigenvalue weighted by Crippen LogP contribution is -2.16. The van der Waals surface area contributed by atoms with Crippen molar-refractivity contribution >= 4 is 28.6 Å². The van der Waals surface area contributed by atoms with Crippen molar-refractivity contribution in [3.05, 3.63) is 29.8 Å². The molecule has 0 aliphatic heterocycles. The molecule has 0 fully saturated rings. The largest absolute Gasteiger partial charge is 0.352 e. The van der Waals surface area contributed by atoms with Crippen LogP contribution in [0.2, 0.25) is 0 Å². The molecule has 0 saturated heterocycles. The Hall–Kier alpha value is -2.70. The summed E-state index contributed by atoms with van der Waals surface area (Å²) in [4.78, 5) is 8.90. The number of fused-ring (bicyclic) bond motifs is 1. The van der Waals surface area contributed by atoms with Crippen LogP contribution in [0.4, 0.5) is 17.5 Å². The van der Waals surface area contributed by atoms with Crippen molar-refractivity contribution < 1.29 is 0 Å². The van der Waals surface area contributed by atoms with Crippen LogP contribution >= 0.6 is 0 Å². The molecule has 0 aliphatic carbocycles. The van der Waals surface area contributed by atoms with E-state index in [1.165, 1.54) is 5.56 Å². The molecule has 7 heteroatoms. The van der Waals surface area contributed by atoms with E-state index in [-0.39, 0.29) is 6.04 Å². The molecule has 2 heterocycles. The fourth-order valence-electron chi connectivity index (χ4n) is 1.99. The van der Waals surface area contributed by atoms with E-state index in [9.17, 15) is 0 Å². The molecule has 3 N–H and O–H groups in total. The van der Waals surface area contributed by atoms with Gasteiger partial charge in [0.05, 0.1) is 0 Å². The van der Waals surface area contributed by atoms with Crippen LogP contribution in [0.1, 0.15) is 25.8 Å². The van der Waals surface area contributed by atoms with E-state index in [2.05, 4.69) is 56.8 Å². The van der Waals surface area contributed by atoms with Crippen LogP contribution in [0, 0.1) is 6.92 Å². The normalized spacial score (nSPS) is 12.3. The monoisotopic (exact) mass is 297 g/mol. The summed E-state index contributed by atoms with van der Waals surface area (Å²) in [5.74, 6) is 1.18. The summed E-state index contributed by atoms with van der Waals surface area (Å²) in [5, 5.41) is 17.3. The maximum atomic E-state index is 4.52. The minimum atomic E-state index is 0.288. The Morgan fingerprint density at radius 3 is 2.64 bits per heavy atom. The van der Waals surface area contributed by atoms with Crippen molar-refractivity contribution in [3.63, 3.8) is 0 Å². The Morgan fingerprint density at radius 1 is 1.14 bits per heavy atom. The van der Waals surface area contributed by atoms with Crippen molar-refractivity contribution in [2.45, 2.75) is 33.2 Å². The van der Waals surface area contributed by atoms with Crippen molar-refractivity contribution in [1.29, 1.82) is 0 Å². The summed E-state index contributed by atoms with van der Waals surface area (Å²) in [6.07, 6.45) is 0.987. The Bertz CT molecular complexity index is 763. The molecule has 3 rings (SSSR count). The molecule has 1 aromatic carbocycles. The number of anilines is 3. The minimum Gasteiger partial charge on any atom is -0.352 e. The zero-order chi connectivity index (χ0) is 15.5. The number of nitrogens with zero attached hydrogens (tertiary/aromatic N) is 4. The molecule has 3 aromatic rings. The highest BCUT2D eigenvalue weighted by molar-refractivity contribution is 5.85. The number of H-pyrrole nitrogens is 1. The number of aromatic amines is 1. The van der Waals surface area contributed by atoms with Crippen molar-refractivity contribution in [3.8, 4) is 0 Å². The van der Waals surface area contributed by atoms with E-state index >= 15 is 0 Å². The van der Waals surface area contributed by atoms with Gasteiger partial charge in [0.25, 0.3) is 0 Å². The van der Waals surface area contributed by atoms with E-state index in [1.54, 1.807) is 0 Å². The van der Waals surface area contributed by atoms with Crippen LogP contribution in [0.15, 0.2) is 24.3 Å². The molecular weight excluding hydrogens is 278 g/mol. The summed E-state index contributed by atoms with van der Waals surface area (Å²) >= 11 is 0. The average Bonchev–Trinajstić information content (AvgIpc) is 2.98. The van der Waals surface area contributed by atoms with Gasteiger partial charge in [0, 0.05) is 11.7 Å². The third kappa shape index (κ3) is 2.98. The van der Waals surface area contributed by atoms with Gasteiger partial charge in [0.1, 0.15) is 0 Å². The second-order valence-corrected chi connectivity index (χ2v) is 5.34. The zero-order valence-electron chi connectivity index (χ0n) is 12.9. The zero-order valence-corrected chi connectivity index (χ0v) is 12.9. The van der Waals surface area contributed by atoms with E-state index in [0.29, 0.717) is 22.9 Å². The summed E-state index contributed by atoms with van der Waals surface area (Å²) in [6, 6.07) is 8.39. The number of nitrogens with one attached hydrogen (secondary N) is 3. The second-order valence-electron chi connectivity index (χ2n) is 5.34. The number of hydrogen-bond donors (Lipinski definition) is 3. The van der Waals surface area contributed by atoms with E-state index in [0.717, 1.165) is 12.1 Å². The highest BCUT2D eigenvalue weighted by Gasteiger charge is 2.12. The smallest absolute Gasteiger partial charge is 0.227 e. The third-order valence-corrected chi connectivity index (χ3v) is 3.49. The number of rotatable bonds is 5. The molecule has 7 nitrogen and oxygen atoms in total. The average molecular weight is 297 g/mol. The molecule has 2 aromatic heterocycles. The van der Waals surface area contributed by atoms with Gasteiger partial charge in [-0.3, -0.25) is 0 Å². The van der Waals surface area contributed by atoms with Crippen LogP contribution in [-0.2, 0) is 0 Å². The molecule has 0 aliphatic rings. The van der Waals surface area contributed by atoms with Gasteiger partial charge >= 0.3 is 0 Å². The predicted octanol–water partition coefficient (Wildman–Crippen LogP) is 3.01.